The average molecular weight is 235 g/mol. The number of rotatable bonds is 6. The SMILES string of the molecule is COc1ccc(C(C)NCCC2CC2)c(O)c1. The molecule has 3 heteroatoms. The molecule has 1 aromatic rings. The maximum atomic E-state index is 9.89. The molecular weight excluding hydrogens is 214 g/mol. The first-order valence-corrected chi connectivity index (χ1v) is 6.31. The van der Waals surface area contributed by atoms with Gasteiger partial charge in [-0.1, -0.05) is 18.9 Å². The topological polar surface area (TPSA) is 41.5 Å². The van der Waals surface area contributed by atoms with E-state index in [2.05, 4.69) is 12.2 Å². The lowest BCUT2D eigenvalue weighted by atomic mass is 10.1. The number of methoxy groups -OCH3 is 1. The normalized spacial score (nSPS) is 16.8. The van der Waals surface area contributed by atoms with Crippen LogP contribution < -0.4 is 10.1 Å². The number of phenolic OH excluding ortho intramolecular Hbond substituents is 1. The molecule has 0 spiro atoms. The maximum absolute atomic E-state index is 9.89. The second kappa shape index (κ2) is 5.41. The minimum absolute atomic E-state index is 0.180. The summed E-state index contributed by atoms with van der Waals surface area (Å²) in [5, 5.41) is 13.3. The van der Waals surface area contributed by atoms with Crippen molar-refractivity contribution in [3.63, 3.8) is 0 Å². The monoisotopic (exact) mass is 235 g/mol. The summed E-state index contributed by atoms with van der Waals surface area (Å²) in [6.45, 7) is 3.10. The molecule has 0 aromatic heterocycles. The fraction of sp³-hybridized carbons (Fsp3) is 0.571. The van der Waals surface area contributed by atoms with Gasteiger partial charge in [0.2, 0.25) is 0 Å². The fourth-order valence-corrected chi connectivity index (χ4v) is 2.04. The molecule has 1 saturated carbocycles. The molecule has 2 rings (SSSR count). The summed E-state index contributed by atoms with van der Waals surface area (Å²) in [6, 6.07) is 5.64. The predicted molar refractivity (Wildman–Crippen MR) is 68.4 cm³/mol. The zero-order valence-corrected chi connectivity index (χ0v) is 10.6. The van der Waals surface area contributed by atoms with Gasteiger partial charge in [0.25, 0.3) is 0 Å². The highest BCUT2D eigenvalue weighted by Crippen LogP contribution is 2.32. The van der Waals surface area contributed by atoms with Crippen LogP contribution in [0.4, 0.5) is 0 Å². The van der Waals surface area contributed by atoms with Crippen LogP contribution in [0.3, 0.4) is 0 Å². The molecule has 0 radical (unpaired) electrons. The minimum atomic E-state index is 0.180. The number of aromatic hydroxyl groups is 1. The summed E-state index contributed by atoms with van der Waals surface area (Å²) in [7, 11) is 1.60. The van der Waals surface area contributed by atoms with Crippen LogP contribution in [0, 0.1) is 5.92 Å². The number of benzene rings is 1. The van der Waals surface area contributed by atoms with E-state index in [-0.39, 0.29) is 6.04 Å². The van der Waals surface area contributed by atoms with Crippen LogP contribution in [-0.4, -0.2) is 18.8 Å². The molecule has 2 N–H and O–H groups in total. The first-order valence-electron chi connectivity index (χ1n) is 6.31. The van der Waals surface area contributed by atoms with E-state index in [0.717, 1.165) is 18.0 Å². The van der Waals surface area contributed by atoms with Crippen LogP contribution in [0.25, 0.3) is 0 Å². The van der Waals surface area contributed by atoms with Crippen molar-refractivity contribution < 1.29 is 9.84 Å². The van der Waals surface area contributed by atoms with Gasteiger partial charge in [-0.15, -0.1) is 0 Å². The summed E-state index contributed by atoms with van der Waals surface area (Å²) in [6.07, 6.45) is 4.04. The lowest BCUT2D eigenvalue weighted by Crippen LogP contribution is -2.20. The van der Waals surface area contributed by atoms with Gasteiger partial charge in [-0.3, -0.25) is 0 Å². The Labute approximate surface area is 103 Å². The van der Waals surface area contributed by atoms with Crippen LogP contribution in [-0.2, 0) is 0 Å². The van der Waals surface area contributed by atoms with Crippen LogP contribution in [0.5, 0.6) is 11.5 Å². The van der Waals surface area contributed by atoms with Gasteiger partial charge >= 0.3 is 0 Å². The molecule has 0 heterocycles. The van der Waals surface area contributed by atoms with Crippen molar-refractivity contribution in [1.29, 1.82) is 0 Å². The molecule has 1 fully saturated rings. The summed E-state index contributed by atoms with van der Waals surface area (Å²) < 4.78 is 5.07. The van der Waals surface area contributed by atoms with Crippen molar-refractivity contribution in [2.75, 3.05) is 13.7 Å². The Morgan fingerprint density at radius 1 is 1.47 bits per heavy atom. The Hall–Kier alpha value is -1.22. The summed E-state index contributed by atoms with van der Waals surface area (Å²) in [5.41, 5.74) is 0.932. The van der Waals surface area contributed by atoms with Crippen molar-refractivity contribution in [2.45, 2.75) is 32.2 Å². The zero-order valence-electron chi connectivity index (χ0n) is 10.6. The molecule has 94 valence electrons. The van der Waals surface area contributed by atoms with Crippen LogP contribution in [0.2, 0.25) is 0 Å². The molecule has 1 atom stereocenters. The molecular formula is C14H21NO2. The number of nitrogens with one attached hydrogen (secondary N) is 1. The van der Waals surface area contributed by atoms with E-state index in [1.807, 2.05) is 12.1 Å². The van der Waals surface area contributed by atoms with E-state index in [9.17, 15) is 5.11 Å². The highest BCUT2D eigenvalue weighted by atomic mass is 16.5. The molecule has 0 bridgehead atoms. The van der Waals surface area contributed by atoms with E-state index in [1.165, 1.54) is 19.3 Å². The van der Waals surface area contributed by atoms with E-state index in [1.54, 1.807) is 13.2 Å². The Morgan fingerprint density at radius 2 is 2.24 bits per heavy atom. The van der Waals surface area contributed by atoms with Gasteiger partial charge in [-0.2, -0.15) is 0 Å². The summed E-state index contributed by atoms with van der Waals surface area (Å²) in [5.74, 6) is 1.94. The van der Waals surface area contributed by atoms with Gasteiger partial charge in [0.05, 0.1) is 7.11 Å². The number of hydrogen-bond acceptors (Lipinski definition) is 3. The number of hydrogen-bond donors (Lipinski definition) is 2. The van der Waals surface area contributed by atoms with E-state index >= 15 is 0 Å². The van der Waals surface area contributed by atoms with Crippen molar-refractivity contribution >= 4 is 0 Å². The van der Waals surface area contributed by atoms with Crippen molar-refractivity contribution in [3.05, 3.63) is 23.8 Å². The molecule has 1 unspecified atom stereocenters. The third-order valence-corrected chi connectivity index (χ3v) is 3.40. The predicted octanol–water partition coefficient (Wildman–Crippen LogP) is 2.85. The summed E-state index contributed by atoms with van der Waals surface area (Å²) >= 11 is 0. The van der Waals surface area contributed by atoms with Crippen LogP contribution in [0.15, 0.2) is 18.2 Å². The van der Waals surface area contributed by atoms with E-state index in [4.69, 9.17) is 4.74 Å². The second-order valence-corrected chi connectivity index (χ2v) is 4.83. The van der Waals surface area contributed by atoms with Crippen LogP contribution >= 0.6 is 0 Å². The molecule has 1 aliphatic rings. The van der Waals surface area contributed by atoms with Gasteiger partial charge in [0.1, 0.15) is 11.5 Å². The molecule has 0 saturated heterocycles. The highest BCUT2D eigenvalue weighted by Gasteiger charge is 2.20. The molecule has 1 aromatic carbocycles. The third-order valence-electron chi connectivity index (χ3n) is 3.40. The van der Waals surface area contributed by atoms with Crippen molar-refractivity contribution in [1.82, 2.24) is 5.32 Å². The Bertz CT molecular complexity index is 374. The molecule has 17 heavy (non-hydrogen) atoms. The van der Waals surface area contributed by atoms with Gasteiger partial charge in [-0.25, -0.2) is 0 Å². The van der Waals surface area contributed by atoms with Gasteiger partial charge in [0.15, 0.2) is 0 Å². The summed E-state index contributed by atoms with van der Waals surface area (Å²) in [4.78, 5) is 0. The van der Waals surface area contributed by atoms with Gasteiger partial charge in [0, 0.05) is 17.7 Å². The number of ether oxygens (including phenoxy) is 1. The molecule has 0 amide bonds. The fourth-order valence-electron chi connectivity index (χ4n) is 2.04. The van der Waals surface area contributed by atoms with Gasteiger partial charge < -0.3 is 15.2 Å². The second-order valence-electron chi connectivity index (χ2n) is 4.83. The Balaban J connectivity index is 1.90. The quantitative estimate of drug-likeness (QED) is 0.796. The first-order chi connectivity index (χ1) is 8.20. The van der Waals surface area contributed by atoms with E-state index < -0.39 is 0 Å². The van der Waals surface area contributed by atoms with Crippen molar-refractivity contribution in [3.8, 4) is 11.5 Å². The zero-order chi connectivity index (χ0) is 12.3. The molecule has 1 aliphatic carbocycles. The minimum Gasteiger partial charge on any atom is -0.507 e. The Kier molecular flexibility index (Phi) is 3.89. The third kappa shape index (κ3) is 3.37. The maximum Gasteiger partial charge on any atom is 0.124 e. The number of phenols is 1. The lowest BCUT2D eigenvalue weighted by molar-refractivity contribution is 0.403. The van der Waals surface area contributed by atoms with Crippen molar-refractivity contribution in [2.24, 2.45) is 5.92 Å². The highest BCUT2D eigenvalue weighted by molar-refractivity contribution is 5.41. The Morgan fingerprint density at radius 3 is 2.82 bits per heavy atom. The standard InChI is InChI=1S/C14H21NO2/c1-10(15-8-7-11-3-4-11)13-6-5-12(17-2)9-14(13)16/h5-6,9-11,15-16H,3-4,7-8H2,1-2H3. The van der Waals surface area contributed by atoms with E-state index in [0.29, 0.717) is 11.5 Å². The lowest BCUT2D eigenvalue weighted by Gasteiger charge is -2.16. The molecule has 0 aliphatic heterocycles. The molecule has 3 nitrogen and oxygen atoms in total. The average Bonchev–Trinajstić information content (AvgIpc) is 3.12. The van der Waals surface area contributed by atoms with Gasteiger partial charge in [-0.05, 0) is 31.9 Å². The largest absolute Gasteiger partial charge is 0.507 e. The van der Waals surface area contributed by atoms with Crippen LogP contribution in [0.1, 0.15) is 37.8 Å². The first kappa shape index (κ1) is 12.2. The smallest absolute Gasteiger partial charge is 0.124 e.